The summed E-state index contributed by atoms with van der Waals surface area (Å²) in [7, 11) is 3.32. The van der Waals surface area contributed by atoms with Crippen molar-refractivity contribution in [3.63, 3.8) is 0 Å². The maximum Gasteiger partial charge on any atom is 0.223 e. The summed E-state index contributed by atoms with van der Waals surface area (Å²) in [6, 6.07) is 25.3. The van der Waals surface area contributed by atoms with Crippen LogP contribution in [0, 0.1) is 0 Å². The number of ether oxygens (including phenoxy) is 2. The molecule has 4 heteroatoms. The average Bonchev–Trinajstić information content (AvgIpc) is 3.18. The first-order chi connectivity index (χ1) is 14.7. The summed E-state index contributed by atoms with van der Waals surface area (Å²) in [6.45, 7) is 0.598. The van der Waals surface area contributed by atoms with Crippen molar-refractivity contribution in [3.05, 3.63) is 95.1 Å². The predicted octanol–water partition coefficient (Wildman–Crippen LogP) is 4.54. The zero-order valence-corrected chi connectivity index (χ0v) is 17.3. The second-order valence-corrected chi connectivity index (χ2v) is 7.98. The van der Waals surface area contributed by atoms with Crippen LogP contribution in [0.25, 0.3) is 0 Å². The van der Waals surface area contributed by atoms with Gasteiger partial charge in [0.25, 0.3) is 0 Å². The third kappa shape index (κ3) is 2.56. The Kier molecular flexibility index (Phi) is 4.50. The van der Waals surface area contributed by atoms with E-state index in [2.05, 4.69) is 59.5 Å². The molecular weight excluding hydrogens is 374 g/mol. The highest BCUT2D eigenvalue weighted by molar-refractivity contribution is 5.81. The van der Waals surface area contributed by atoms with Gasteiger partial charge in [0.1, 0.15) is 0 Å². The van der Waals surface area contributed by atoms with E-state index in [9.17, 15) is 4.79 Å². The summed E-state index contributed by atoms with van der Waals surface area (Å²) in [5.41, 5.74) is 4.20. The second kappa shape index (κ2) is 7.21. The van der Waals surface area contributed by atoms with Gasteiger partial charge in [-0.05, 0) is 40.8 Å². The Bertz CT molecular complexity index is 1040. The van der Waals surface area contributed by atoms with E-state index in [4.69, 9.17) is 9.47 Å². The van der Waals surface area contributed by atoms with Crippen LogP contribution in [-0.2, 0) is 16.8 Å². The second-order valence-electron chi connectivity index (χ2n) is 7.98. The number of rotatable bonds is 4. The van der Waals surface area contributed by atoms with Crippen LogP contribution < -0.4 is 9.47 Å². The molecule has 0 aromatic heterocycles. The predicted molar refractivity (Wildman–Crippen MR) is 116 cm³/mol. The first-order valence-corrected chi connectivity index (χ1v) is 10.4. The molecule has 2 aliphatic heterocycles. The molecule has 5 rings (SSSR count). The minimum absolute atomic E-state index is 0.0559. The summed E-state index contributed by atoms with van der Waals surface area (Å²) in [5.74, 6) is 1.62. The lowest BCUT2D eigenvalue weighted by atomic mass is 9.61. The standard InChI is InChI=1S/C26H25NO3/c1-29-22-15-18-17-27-24(13-14-25(27)28)26(19-9-5-3-6-10-19,20-11-7-4-8-12-20)21(18)16-23(22)30-2/h3-12,15-16,24H,13-14,17H2,1-2H3. The lowest BCUT2D eigenvalue weighted by molar-refractivity contribution is -0.130. The number of nitrogens with zero attached hydrogens (tertiary/aromatic N) is 1. The summed E-state index contributed by atoms with van der Waals surface area (Å²) in [6.07, 6.45) is 1.41. The van der Waals surface area contributed by atoms with E-state index in [-0.39, 0.29) is 11.9 Å². The topological polar surface area (TPSA) is 38.8 Å². The van der Waals surface area contributed by atoms with E-state index in [0.29, 0.717) is 24.5 Å². The van der Waals surface area contributed by atoms with Crippen molar-refractivity contribution in [2.45, 2.75) is 30.8 Å². The number of methoxy groups -OCH3 is 2. The van der Waals surface area contributed by atoms with Crippen LogP contribution in [0.5, 0.6) is 11.5 Å². The molecule has 2 heterocycles. The van der Waals surface area contributed by atoms with Gasteiger partial charge in [-0.25, -0.2) is 0 Å². The van der Waals surface area contributed by atoms with Gasteiger partial charge in [-0.2, -0.15) is 0 Å². The number of hydrogen-bond acceptors (Lipinski definition) is 3. The monoisotopic (exact) mass is 399 g/mol. The molecule has 152 valence electrons. The quantitative estimate of drug-likeness (QED) is 0.646. The fourth-order valence-electron chi connectivity index (χ4n) is 5.43. The van der Waals surface area contributed by atoms with Gasteiger partial charge < -0.3 is 14.4 Å². The first-order valence-electron chi connectivity index (χ1n) is 10.4. The van der Waals surface area contributed by atoms with E-state index < -0.39 is 5.41 Å². The Morgan fingerprint density at radius 2 is 1.43 bits per heavy atom. The van der Waals surface area contributed by atoms with E-state index in [1.54, 1.807) is 14.2 Å². The highest BCUT2D eigenvalue weighted by Gasteiger charge is 2.54. The summed E-state index contributed by atoms with van der Waals surface area (Å²) >= 11 is 0. The number of carbonyl (C=O) groups is 1. The van der Waals surface area contributed by atoms with Gasteiger partial charge in [0.2, 0.25) is 5.91 Å². The highest BCUT2D eigenvalue weighted by Crippen LogP contribution is 2.53. The Morgan fingerprint density at radius 3 is 2.00 bits per heavy atom. The summed E-state index contributed by atoms with van der Waals surface area (Å²) in [5, 5.41) is 0. The molecule has 0 N–H and O–H groups in total. The van der Waals surface area contributed by atoms with Crippen LogP contribution in [0.2, 0.25) is 0 Å². The molecule has 3 aromatic carbocycles. The number of hydrogen-bond donors (Lipinski definition) is 0. The molecule has 4 nitrogen and oxygen atoms in total. The van der Waals surface area contributed by atoms with E-state index >= 15 is 0 Å². The smallest absolute Gasteiger partial charge is 0.223 e. The van der Waals surface area contributed by atoms with Crippen molar-refractivity contribution in [2.75, 3.05) is 14.2 Å². The van der Waals surface area contributed by atoms with Crippen LogP contribution in [-0.4, -0.2) is 31.1 Å². The fraction of sp³-hybridized carbons (Fsp3) is 0.269. The number of carbonyl (C=O) groups excluding carboxylic acids is 1. The molecule has 3 aromatic rings. The van der Waals surface area contributed by atoms with Gasteiger partial charge in [0.05, 0.1) is 25.7 Å². The molecule has 2 aliphatic rings. The first kappa shape index (κ1) is 18.7. The zero-order valence-electron chi connectivity index (χ0n) is 17.3. The Balaban J connectivity index is 1.90. The maximum absolute atomic E-state index is 12.9. The maximum atomic E-state index is 12.9. The highest BCUT2D eigenvalue weighted by atomic mass is 16.5. The van der Waals surface area contributed by atoms with Crippen LogP contribution in [0.3, 0.4) is 0 Å². The minimum Gasteiger partial charge on any atom is -0.493 e. The van der Waals surface area contributed by atoms with E-state index in [1.165, 1.54) is 16.7 Å². The Labute approximate surface area is 177 Å². The van der Waals surface area contributed by atoms with Crippen LogP contribution in [0.15, 0.2) is 72.8 Å². The fourth-order valence-corrected chi connectivity index (χ4v) is 5.43. The van der Waals surface area contributed by atoms with Crippen molar-refractivity contribution in [3.8, 4) is 11.5 Å². The molecule has 0 aliphatic carbocycles. The molecule has 0 saturated carbocycles. The molecule has 0 spiro atoms. The Morgan fingerprint density at radius 1 is 0.867 bits per heavy atom. The zero-order chi connectivity index (χ0) is 20.7. The SMILES string of the molecule is COc1cc2c(cc1OC)C(c1ccccc1)(c1ccccc1)C1CCC(=O)N1C2. The molecule has 1 amide bonds. The molecule has 0 bridgehead atoms. The molecule has 1 saturated heterocycles. The lowest BCUT2D eigenvalue weighted by Crippen LogP contribution is -2.53. The van der Waals surface area contributed by atoms with Gasteiger partial charge in [-0.1, -0.05) is 60.7 Å². The van der Waals surface area contributed by atoms with Crippen LogP contribution in [0.1, 0.15) is 35.1 Å². The van der Waals surface area contributed by atoms with E-state index in [1.807, 2.05) is 18.2 Å². The molecule has 1 unspecified atom stereocenters. The average molecular weight is 399 g/mol. The van der Waals surface area contributed by atoms with Gasteiger partial charge >= 0.3 is 0 Å². The van der Waals surface area contributed by atoms with Gasteiger partial charge in [0.15, 0.2) is 11.5 Å². The van der Waals surface area contributed by atoms with Crippen molar-refractivity contribution < 1.29 is 14.3 Å². The lowest BCUT2D eigenvalue weighted by Gasteiger charge is -2.49. The third-order valence-electron chi connectivity index (χ3n) is 6.66. The number of benzene rings is 3. The van der Waals surface area contributed by atoms with Crippen LogP contribution in [0.4, 0.5) is 0 Å². The summed E-state index contributed by atoms with van der Waals surface area (Å²) in [4.78, 5) is 15.0. The molecule has 1 atom stereocenters. The van der Waals surface area contributed by atoms with Crippen LogP contribution >= 0.6 is 0 Å². The molecule has 0 radical (unpaired) electrons. The van der Waals surface area contributed by atoms with Crippen molar-refractivity contribution in [1.29, 1.82) is 0 Å². The van der Waals surface area contributed by atoms with Crippen molar-refractivity contribution in [2.24, 2.45) is 0 Å². The molecule has 1 fully saturated rings. The summed E-state index contributed by atoms with van der Waals surface area (Å²) < 4.78 is 11.3. The van der Waals surface area contributed by atoms with Gasteiger partial charge in [-0.15, -0.1) is 0 Å². The van der Waals surface area contributed by atoms with E-state index in [0.717, 1.165) is 12.0 Å². The Hall–Kier alpha value is -3.27. The normalized spacial score (nSPS) is 19.2. The van der Waals surface area contributed by atoms with Crippen molar-refractivity contribution >= 4 is 5.91 Å². The number of amides is 1. The van der Waals surface area contributed by atoms with Gasteiger partial charge in [0, 0.05) is 13.0 Å². The minimum atomic E-state index is -0.470. The van der Waals surface area contributed by atoms with Gasteiger partial charge in [-0.3, -0.25) is 4.79 Å². The van der Waals surface area contributed by atoms with Crippen molar-refractivity contribution in [1.82, 2.24) is 4.90 Å². The molecular formula is C26H25NO3. The third-order valence-corrected chi connectivity index (χ3v) is 6.66. The number of fused-ring (bicyclic) bond motifs is 2. The largest absolute Gasteiger partial charge is 0.493 e. The molecule has 30 heavy (non-hydrogen) atoms.